The van der Waals surface area contributed by atoms with Gasteiger partial charge < -0.3 is 35.5 Å². The Bertz CT molecular complexity index is 1140. The van der Waals surface area contributed by atoms with E-state index in [1.807, 2.05) is 0 Å². The summed E-state index contributed by atoms with van der Waals surface area (Å²) in [6.45, 7) is -0.195. The van der Waals surface area contributed by atoms with Gasteiger partial charge in [-0.15, -0.1) is 0 Å². The number of aromatic nitrogens is 2. The number of rotatable bonds is 11. The summed E-state index contributed by atoms with van der Waals surface area (Å²) in [5.41, 5.74) is 12.9. The molecule has 180 valence electrons. The fourth-order valence-electron chi connectivity index (χ4n) is 3.07. The van der Waals surface area contributed by atoms with E-state index in [2.05, 4.69) is 9.97 Å². The van der Waals surface area contributed by atoms with Gasteiger partial charge >= 0.3 is 0 Å². The number of ether oxygens (including phenoxy) is 4. The predicted molar refractivity (Wildman–Crippen MR) is 123 cm³/mol. The molecule has 12 nitrogen and oxygen atoms in total. The molecule has 0 bridgehead atoms. The first-order chi connectivity index (χ1) is 16.3. The van der Waals surface area contributed by atoms with E-state index in [9.17, 15) is 15.2 Å². The Balaban J connectivity index is 1.68. The average molecular weight is 471 g/mol. The molecule has 1 unspecified atom stereocenters. The minimum Gasteiger partial charge on any atom is -0.493 e. The number of aliphatic hydroxyl groups excluding tert-OH is 1. The Kier molecular flexibility index (Phi) is 7.88. The van der Waals surface area contributed by atoms with Crippen molar-refractivity contribution >= 4 is 17.5 Å². The molecule has 0 saturated carbocycles. The van der Waals surface area contributed by atoms with E-state index in [4.69, 9.17) is 30.4 Å². The molecule has 3 aromatic rings. The maximum atomic E-state index is 10.7. The largest absolute Gasteiger partial charge is 0.493 e. The van der Waals surface area contributed by atoms with Gasteiger partial charge in [0.05, 0.1) is 19.1 Å². The molecular weight excluding hydrogens is 446 g/mol. The highest BCUT2D eigenvalue weighted by Crippen LogP contribution is 2.39. The second-order valence-electron chi connectivity index (χ2n) is 7.17. The lowest BCUT2D eigenvalue weighted by Gasteiger charge is -2.18. The number of benzene rings is 2. The zero-order chi connectivity index (χ0) is 24.7. The highest BCUT2D eigenvalue weighted by molar-refractivity contribution is 5.55. The lowest BCUT2D eigenvalue weighted by molar-refractivity contribution is -0.384. The molecule has 0 radical (unpaired) electrons. The number of nitro benzene ring substituents is 1. The van der Waals surface area contributed by atoms with Crippen molar-refractivity contribution in [3.8, 4) is 23.0 Å². The predicted octanol–water partition coefficient (Wildman–Crippen LogP) is 1.98. The monoisotopic (exact) mass is 471 g/mol. The fourth-order valence-corrected chi connectivity index (χ4v) is 3.07. The molecule has 0 saturated heterocycles. The van der Waals surface area contributed by atoms with Gasteiger partial charge in [0, 0.05) is 30.3 Å². The minimum atomic E-state index is -0.990. The zero-order valence-corrected chi connectivity index (χ0v) is 18.6. The first-order valence-corrected chi connectivity index (χ1v) is 10.1. The van der Waals surface area contributed by atoms with E-state index in [0.717, 1.165) is 5.56 Å². The van der Waals surface area contributed by atoms with Crippen molar-refractivity contribution in [2.24, 2.45) is 0 Å². The molecule has 1 aromatic heterocycles. The van der Waals surface area contributed by atoms with Crippen molar-refractivity contribution in [3.63, 3.8) is 0 Å². The van der Waals surface area contributed by atoms with Gasteiger partial charge in [0.15, 0.2) is 11.5 Å². The van der Waals surface area contributed by atoms with Gasteiger partial charge in [0.2, 0.25) is 11.7 Å². The molecule has 5 N–H and O–H groups in total. The van der Waals surface area contributed by atoms with Gasteiger partial charge in [-0.25, -0.2) is 4.98 Å². The van der Waals surface area contributed by atoms with E-state index in [1.54, 1.807) is 18.3 Å². The summed E-state index contributed by atoms with van der Waals surface area (Å²) in [5.74, 6) is 1.87. The van der Waals surface area contributed by atoms with Gasteiger partial charge in [0.1, 0.15) is 30.9 Å². The lowest BCUT2D eigenvalue weighted by atomic mass is 10.1. The van der Waals surface area contributed by atoms with Crippen LogP contribution in [0.15, 0.2) is 42.6 Å². The van der Waals surface area contributed by atoms with Gasteiger partial charge in [0.25, 0.3) is 5.69 Å². The number of aliphatic hydroxyl groups is 1. The number of nitrogens with zero attached hydrogens (tertiary/aromatic N) is 3. The number of methoxy groups -OCH3 is 2. The van der Waals surface area contributed by atoms with E-state index in [1.165, 1.54) is 38.5 Å². The molecule has 1 atom stereocenters. The summed E-state index contributed by atoms with van der Waals surface area (Å²) in [5, 5.41) is 21.0. The molecule has 2 aromatic carbocycles. The molecule has 0 spiro atoms. The molecule has 0 aliphatic rings. The van der Waals surface area contributed by atoms with Gasteiger partial charge in [-0.2, -0.15) is 4.98 Å². The van der Waals surface area contributed by atoms with Crippen LogP contribution < -0.4 is 30.4 Å². The Morgan fingerprint density at radius 3 is 2.35 bits per heavy atom. The molecule has 0 aliphatic carbocycles. The van der Waals surface area contributed by atoms with Crippen molar-refractivity contribution in [1.29, 1.82) is 0 Å². The number of nitro groups is 1. The van der Waals surface area contributed by atoms with Crippen molar-refractivity contribution in [3.05, 3.63) is 63.8 Å². The smallest absolute Gasteiger partial charge is 0.269 e. The van der Waals surface area contributed by atoms with Crippen LogP contribution in [-0.2, 0) is 6.42 Å². The van der Waals surface area contributed by atoms with Crippen LogP contribution in [-0.4, -0.2) is 53.5 Å². The molecule has 0 aliphatic heterocycles. The summed E-state index contributed by atoms with van der Waals surface area (Å²) in [6, 6.07) is 9.06. The third-order valence-corrected chi connectivity index (χ3v) is 4.74. The van der Waals surface area contributed by atoms with Crippen LogP contribution in [0.25, 0.3) is 0 Å². The molecular formula is C22H25N5O7. The molecule has 1 heterocycles. The SMILES string of the molecule is COc1cc(Cc2cnc(N)nc2N)cc(OCC(O)COc2ccc([N+](=O)[O-])cc2)c1OC. The summed E-state index contributed by atoms with van der Waals surface area (Å²) in [7, 11) is 2.98. The minimum absolute atomic E-state index is 0.0514. The summed E-state index contributed by atoms with van der Waals surface area (Å²) in [6.07, 6.45) is 0.943. The first kappa shape index (κ1) is 24.3. The van der Waals surface area contributed by atoms with E-state index < -0.39 is 11.0 Å². The van der Waals surface area contributed by atoms with Crippen LogP contribution in [0.3, 0.4) is 0 Å². The quantitative estimate of drug-likeness (QED) is 0.275. The number of nitrogen functional groups attached to an aromatic ring is 2. The van der Waals surface area contributed by atoms with Crippen molar-refractivity contribution in [2.45, 2.75) is 12.5 Å². The summed E-state index contributed by atoms with van der Waals surface area (Å²) in [4.78, 5) is 18.2. The van der Waals surface area contributed by atoms with Gasteiger partial charge in [-0.3, -0.25) is 10.1 Å². The molecule has 0 amide bonds. The molecule has 34 heavy (non-hydrogen) atoms. The van der Waals surface area contributed by atoms with Crippen LogP contribution in [0.5, 0.6) is 23.0 Å². The maximum Gasteiger partial charge on any atom is 0.269 e. The van der Waals surface area contributed by atoms with Crippen LogP contribution in [0, 0.1) is 10.1 Å². The maximum absolute atomic E-state index is 10.7. The normalized spacial score (nSPS) is 11.5. The zero-order valence-electron chi connectivity index (χ0n) is 18.6. The van der Waals surface area contributed by atoms with Crippen molar-refractivity contribution < 1.29 is 29.0 Å². The summed E-state index contributed by atoms with van der Waals surface area (Å²) >= 11 is 0. The molecule has 12 heteroatoms. The number of non-ortho nitro benzene ring substituents is 1. The van der Waals surface area contributed by atoms with E-state index in [-0.39, 0.29) is 30.7 Å². The molecule has 3 rings (SSSR count). The Morgan fingerprint density at radius 1 is 1.06 bits per heavy atom. The topological polar surface area (TPSA) is 178 Å². The number of nitrogens with two attached hydrogens (primary N) is 2. The van der Waals surface area contributed by atoms with E-state index >= 15 is 0 Å². The number of hydrogen-bond donors (Lipinski definition) is 3. The van der Waals surface area contributed by atoms with Crippen LogP contribution >= 0.6 is 0 Å². The summed E-state index contributed by atoms with van der Waals surface area (Å²) < 4.78 is 22.1. The number of anilines is 2. The first-order valence-electron chi connectivity index (χ1n) is 10.1. The third-order valence-electron chi connectivity index (χ3n) is 4.74. The number of hydrogen-bond acceptors (Lipinski definition) is 11. The van der Waals surface area contributed by atoms with Crippen LogP contribution in [0.2, 0.25) is 0 Å². The second-order valence-corrected chi connectivity index (χ2v) is 7.17. The Labute approximate surface area is 195 Å². The van der Waals surface area contributed by atoms with Crippen molar-refractivity contribution in [2.75, 3.05) is 38.9 Å². The molecule has 0 fully saturated rings. The van der Waals surface area contributed by atoms with Crippen molar-refractivity contribution in [1.82, 2.24) is 9.97 Å². The van der Waals surface area contributed by atoms with Gasteiger partial charge in [-0.1, -0.05) is 0 Å². The van der Waals surface area contributed by atoms with Gasteiger partial charge in [-0.05, 0) is 29.8 Å². The van der Waals surface area contributed by atoms with E-state index in [0.29, 0.717) is 35.0 Å². The fraction of sp³-hybridized carbons (Fsp3) is 0.273. The third kappa shape index (κ3) is 6.13. The Hall–Kier alpha value is -4.32. The van der Waals surface area contributed by atoms with Crippen LogP contribution in [0.1, 0.15) is 11.1 Å². The highest BCUT2D eigenvalue weighted by Gasteiger charge is 2.17. The average Bonchev–Trinajstić information content (AvgIpc) is 2.83. The standard InChI is InChI=1S/C22H25N5O7/c1-31-18-8-13(7-14-10-25-22(24)26-21(14)23)9-19(20(18)32-2)34-12-16(28)11-33-17-5-3-15(4-6-17)27(29)30/h3-6,8-10,16,28H,7,11-12H2,1-2H3,(H4,23,24,25,26). The Morgan fingerprint density at radius 2 is 1.74 bits per heavy atom. The highest BCUT2D eigenvalue weighted by atomic mass is 16.6. The lowest BCUT2D eigenvalue weighted by Crippen LogP contribution is -2.25. The van der Waals surface area contributed by atoms with Crippen LogP contribution in [0.4, 0.5) is 17.5 Å². The second kappa shape index (κ2) is 11.0.